The zero-order valence-corrected chi connectivity index (χ0v) is 14.2. The van der Waals surface area contributed by atoms with Crippen LogP contribution in [-0.2, 0) is 4.74 Å². The molecule has 0 radical (unpaired) electrons. The number of aliphatic imine (C=N–C) groups is 1. The second-order valence-corrected chi connectivity index (χ2v) is 4.74. The SMILES string of the molecule is CN=C(NCCOC)NCC(C1CC1)N(C)C.I. The number of rotatable bonds is 7. The van der Waals surface area contributed by atoms with E-state index in [9.17, 15) is 0 Å². The van der Waals surface area contributed by atoms with E-state index in [4.69, 9.17) is 4.74 Å². The van der Waals surface area contributed by atoms with Crippen LogP contribution >= 0.6 is 24.0 Å². The minimum atomic E-state index is 0. The van der Waals surface area contributed by atoms with E-state index in [0.717, 1.165) is 25.0 Å². The Labute approximate surface area is 128 Å². The average molecular weight is 370 g/mol. The second kappa shape index (κ2) is 9.80. The van der Waals surface area contributed by atoms with Gasteiger partial charge in [-0.2, -0.15) is 0 Å². The van der Waals surface area contributed by atoms with Crippen LogP contribution in [0.5, 0.6) is 0 Å². The van der Waals surface area contributed by atoms with Crippen molar-refractivity contribution in [1.29, 1.82) is 0 Å². The number of guanidine groups is 1. The molecule has 1 fully saturated rings. The molecule has 1 unspecified atom stereocenters. The van der Waals surface area contributed by atoms with Crippen LogP contribution in [0.1, 0.15) is 12.8 Å². The number of hydrogen-bond acceptors (Lipinski definition) is 3. The van der Waals surface area contributed by atoms with E-state index in [0.29, 0.717) is 12.6 Å². The molecule has 5 nitrogen and oxygen atoms in total. The molecule has 6 heteroatoms. The molecule has 0 spiro atoms. The van der Waals surface area contributed by atoms with Gasteiger partial charge >= 0.3 is 0 Å². The van der Waals surface area contributed by atoms with Gasteiger partial charge in [-0.05, 0) is 32.9 Å². The third-order valence-corrected chi connectivity index (χ3v) is 3.13. The highest BCUT2D eigenvalue weighted by Gasteiger charge is 2.32. The fourth-order valence-corrected chi connectivity index (χ4v) is 1.95. The summed E-state index contributed by atoms with van der Waals surface area (Å²) in [4.78, 5) is 6.49. The Morgan fingerprint density at radius 3 is 2.50 bits per heavy atom. The molecule has 0 aromatic rings. The molecule has 1 aliphatic rings. The van der Waals surface area contributed by atoms with Gasteiger partial charge in [0, 0.05) is 33.3 Å². The molecule has 0 aromatic carbocycles. The lowest BCUT2D eigenvalue weighted by Crippen LogP contribution is -2.46. The molecule has 0 amide bonds. The zero-order valence-electron chi connectivity index (χ0n) is 11.9. The first-order chi connectivity index (χ1) is 8.19. The largest absolute Gasteiger partial charge is 0.383 e. The highest BCUT2D eigenvalue weighted by Crippen LogP contribution is 2.34. The van der Waals surface area contributed by atoms with Gasteiger partial charge in [0.15, 0.2) is 5.96 Å². The first-order valence-electron chi connectivity index (χ1n) is 6.29. The van der Waals surface area contributed by atoms with Crippen molar-refractivity contribution in [3.63, 3.8) is 0 Å². The molecule has 108 valence electrons. The molecule has 0 bridgehead atoms. The summed E-state index contributed by atoms with van der Waals surface area (Å²) in [6.45, 7) is 2.43. The summed E-state index contributed by atoms with van der Waals surface area (Å²) >= 11 is 0. The van der Waals surface area contributed by atoms with Gasteiger partial charge in [-0.3, -0.25) is 4.99 Å². The van der Waals surface area contributed by atoms with Crippen molar-refractivity contribution in [2.45, 2.75) is 18.9 Å². The molecular formula is C12H27IN4O. The van der Waals surface area contributed by atoms with Crippen LogP contribution in [0.3, 0.4) is 0 Å². The van der Waals surface area contributed by atoms with Crippen LogP contribution in [0.4, 0.5) is 0 Å². The smallest absolute Gasteiger partial charge is 0.191 e. The molecule has 1 saturated carbocycles. The van der Waals surface area contributed by atoms with E-state index >= 15 is 0 Å². The minimum Gasteiger partial charge on any atom is -0.383 e. The predicted molar refractivity (Wildman–Crippen MR) is 86.9 cm³/mol. The summed E-state index contributed by atoms with van der Waals surface area (Å²) in [6, 6.07) is 0.607. The van der Waals surface area contributed by atoms with E-state index in [-0.39, 0.29) is 24.0 Å². The van der Waals surface area contributed by atoms with Crippen molar-refractivity contribution >= 4 is 29.9 Å². The normalized spacial score (nSPS) is 17.3. The summed E-state index contributed by atoms with van der Waals surface area (Å²) in [5, 5.41) is 6.59. The third-order valence-electron chi connectivity index (χ3n) is 3.13. The average Bonchev–Trinajstić information content (AvgIpc) is 3.11. The standard InChI is InChI=1S/C12H26N4O.HI/c1-13-12(14-7-8-17-4)15-9-11(16(2)3)10-5-6-10;/h10-11H,5-9H2,1-4H3,(H2,13,14,15);1H. The van der Waals surface area contributed by atoms with Gasteiger partial charge in [-0.1, -0.05) is 0 Å². The second-order valence-electron chi connectivity index (χ2n) is 4.74. The lowest BCUT2D eigenvalue weighted by Gasteiger charge is -2.25. The first-order valence-corrected chi connectivity index (χ1v) is 6.29. The number of nitrogens with one attached hydrogen (secondary N) is 2. The molecule has 1 rings (SSSR count). The van der Waals surface area contributed by atoms with E-state index < -0.39 is 0 Å². The van der Waals surface area contributed by atoms with Crippen molar-refractivity contribution < 1.29 is 4.74 Å². The lowest BCUT2D eigenvalue weighted by atomic mass is 10.1. The van der Waals surface area contributed by atoms with Crippen LogP contribution in [-0.4, -0.2) is 64.9 Å². The Morgan fingerprint density at radius 2 is 2.06 bits per heavy atom. The van der Waals surface area contributed by atoms with Crippen LogP contribution in [0.15, 0.2) is 4.99 Å². The topological polar surface area (TPSA) is 48.9 Å². The van der Waals surface area contributed by atoms with Gasteiger partial charge in [-0.25, -0.2) is 0 Å². The van der Waals surface area contributed by atoms with E-state index in [1.54, 1.807) is 14.2 Å². The Morgan fingerprint density at radius 1 is 1.39 bits per heavy atom. The van der Waals surface area contributed by atoms with Gasteiger partial charge in [0.05, 0.1) is 6.61 Å². The van der Waals surface area contributed by atoms with E-state index in [2.05, 4.69) is 34.6 Å². The van der Waals surface area contributed by atoms with Crippen molar-refractivity contribution in [2.24, 2.45) is 10.9 Å². The third kappa shape index (κ3) is 6.75. The van der Waals surface area contributed by atoms with Crippen molar-refractivity contribution in [3.8, 4) is 0 Å². The molecule has 0 saturated heterocycles. The number of likely N-dealkylation sites (N-methyl/N-ethyl adjacent to an activating group) is 1. The maximum Gasteiger partial charge on any atom is 0.191 e. The van der Waals surface area contributed by atoms with Gasteiger partial charge in [0.1, 0.15) is 0 Å². The number of ether oxygens (including phenoxy) is 1. The number of methoxy groups -OCH3 is 1. The maximum absolute atomic E-state index is 5.00. The number of nitrogens with zero attached hydrogens (tertiary/aromatic N) is 2. The van der Waals surface area contributed by atoms with Gasteiger partial charge in [0.25, 0.3) is 0 Å². The maximum atomic E-state index is 5.00. The van der Waals surface area contributed by atoms with Crippen molar-refractivity contribution in [2.75, 3.05) is 47.9 Å². The highest BCUT2D eigenvalue weighted by molar-refractivity contribution is 14.0. The molecule has 1 aliphatic carbocycles. The highest BCUT2D eigenvalue weighted by atomic mass is 127. The summed E-state index contributed by atoms with van der Waals surface area (Å²) in [6.07, 6.45) is 2.72. The molecule has 0 heterocycles. The van der Waals surface area contributed by atoms with Crippen LogP contribution in [0.2, 0.25) is 0 Å². The number of halogens is 1. The summed E-state index contributed by atoms with van der Waals surface area (Å²) in [5.74, 6) is 1.71. The molecule has 0 aliphatic heterocycles. The molecule has 1 atom stereocenters. The van der Waals surface area contributed by atoms with Gasteiger partial charge < -0.3 is 20.3 Å². The van der Waals surface area contributed by atoms with E-state index in [1.165, 1.54) is 12.8 Å². The monoisotopic (exact) mass is 370 g/mol. The predicted octanol–water partition coefficient (Wildman–Crippen LogP) is 0.756. The van der Waals surface area contributed by atoms with Gasteiger partial charge in [-0.15, -0.1) is 24.0 Å². The Bertz CT molecular complexity index is 242. The fourth-order valence-electron chi connectivity index (χ4n) is 1.95. The molecular weight excluding hydrogens is 343 g/mol. The minimum absolute atomic E-state index is 0. The Balaban J connectivity index is 0.00000289. The number of hydrogen-bond donors (Lipinski definition) is 2. The molecule has 0 aromatic heterocycles. The summed E-state index contributed by atoms with van der Waals surface area (Å²) in [7, 11) is 7.79. The lowest BCUT2D eigenvalue weighted by molar-refractivity contribution is 0.203. The fraction of sp³-hybridized carbons (Fsp3) is 0.917. The quantitative estimate of drug-likeness (QED) is 0.301. The Hall–Kier alpha value is -0.0800. The Kier molecular flexibility index (Phi) is 9.76. The van der Waals surface area contributed by atoms with Crippen molar-refractivity contribution in [3.05, 3.63) is 0 Å². The van der Waals surface area contributed by atoms with E-state index in [1.807, 2.05) is 0 Å². The van der Waals surface area contributed by atoms with Crippen molar-refractivity contribution in [1.82, 2.24) is 15.5 Å². The van der Waals surface area contributed by atoms with Crippen LogP contribution in [0, 0.1) is 5.92 Å². The van der Waals surface area contributed by atoms with Crippen LogP contribution in [0.25, 0.3) is 0 Å². The molecule has 18 heavy (non-hydrogen) atoms. The summed E-state index contributed by atoms with van der Waals surface area (Å²) < 4.78 is 5.00. The molecule has 2 N–H and O–H groups in total. The van der Waals surface area contributed by atoms with Gasteiger partial charge in [0.2, 0.25) is 0 Å². The van der Waals surface area contributed by atoms with Crippen LogP contribution < -0.4 is 10.6 Å². The summed E-state index contributed by atoms with van der Waals surface area (Å²) in [5.41, 5.74) is 0. The zero-order chi connectivity index (χ0) is 12.7. The first kappa shape index (κ1) is 17.9.